The van der Waals surface area contributed by atoms with E-state index in [9.17, 15) is 9.59 Å². The molecule has 2 aromatic carbocycles. The summed E-state index contributed by atoms with van der Waals surface area (Å²) in [5.74, 6) is -0.329. The number of nitrogens with one attached hydrogen (secondary N) is 1. The molecule has 2 rings (SSSR count). The lowest BCUT2D eigenvalue weighted by molar-refractivity contribution is -0.122. The number of hydrogen-bond acceptors (Lipinski definition) is 3. The second-order valence-corrected chi connectivity index (χ2v) is 4.98. The van der Waals surface area contributed by atoms with Crippen molar-refractivity contribution in [2.24, 2.45) is 5.73 Å². The van der Waals surface area contributed by atoms with Crippen molar-refractivity contribution in [1.29, 1.82) is 0 Å². The number of aryl methyl sites for hydroxylation is 1. The monoisotopic (exact) mass is 298 g/mol. The molecule has 5 nitrogen and oxygen atoms in total. The molecule has 3 N–H and O–H groups in total. The summed E-state index contributed by atoms with van der Waals surface area (Å²) in [7, 11) is 0. The largest absolute Gasteiger partial charge is 0.481 e. The summed E-state index contributed by atoms with van der Waals surface area (Å²) in [4.78, 5) is 23.5. The highest BCUT2D eigenvalue weighted by Gasteiger charge is 2.17. The van der Waals surface area contributed by atoms with Crippen LogP contribution < -0.4 is 15.8 Å². The van der Waals surface area contributed by atoms with Crippen molar-refractivity contribution in [2.75, 3.05) is 5.32 Å². The highest BCUT2D eigenvalue weighted by Crippen LogP contribution is 2.17. The fourth-order valence-electron chi connectivity index (χ4n) is 1.99. The molecule has 5 heteroatoms. The van der Waals surface area contributed by atoms with Gasteiger partial charge in [0, 0.05) is 0 Å². The van der Waals surface area contributed by atoms with E-state index in [0.717, 1.165) is 5.56 Å². The van der Waals surface area contributed by atoms with E-state index in [-0.39, 0.29) is 11.5 Å². The predicted octanol–water partition coefficient (Wildman–Crippen LogP) is 2.50. The molecule has 0 aromatic heterocycles. The minimum Gasteiger partial charge on any atom is -0.481 e. The molecule has 0 aliphatic heterocycles. The smallest absolute Gasteiger partial charge is 0.265 e. The first-order valence-corrected chi connectivity index (χ1v) is 6.90. The molecule has 2 amide bonds. The number of para-hydroxylation sites is 1. The molecule has 0 fully saturated rings. The van der Waals surface area contributed by atoms with Crippen LogP contribution in [-0.2, 0) is 4.79 Å². The average Bonchev–Trinajstić information content (AvgIpc) is 2.47. The van der Waals surface area contributed by atoms with Crippen LogP contribution in [0.3, 0.4) is 0 Å². The summed E-state index contributed by atoms with van der Waals surface area (Å²) in [5.41, 5.74) is 6.97. The number of ether oxygens (including phenoxy) is 1. The van der Waals surface area contributed by atoms with Crippen LogP contribution in [0.15, 0.2) is 48.5 Å². The molecule has 114 valence electrons. The Balaban J connectivity index is 2.07. The van der Waals surface area contributed by atoms with Gasteiger partial charge in [-0.3, -0.25) is 9.59 Å². The molecule has 2 aromatic rings. The van der Waals surface area contributed by atoms with E-state index in [1.165, 1.54) is 0 Å². The summed E-state index contributed by atoms with van der Waals surface area (Å²) in [6, 6.07) is 14.0. The zero-order chi connectivity index (χ0) is 16.1. The van der Waals surface area contributed by atoms with Gasteiger partial charge >= 0.3 is 0 Å². The van der Waals surface area contributed by atoms with Crippen LogP contribution in [0.4, 0.5) is 5.69 Å². The van der Waals surface area contributed by atoms with E-state index in [0.29, 0.717) is 11.4 Å². The van der Waals surface area contributed by atoms with Crippen LogP contribution in [0, 0.1) is 6.92 Å². The number of hydrogen-bond donors (Lipinski definition) is 2. The van der Waals surface area contributed by atoms with E-state index < -0.39 is 12.0 Å². The maximum Gasteiger partial charge on any atom is 0.265 e. The molecule has 0 saturated carbocycles. The molecule has 0 unspecified atom stereocenters. The lowest BCUT2D eigenvalue weighted by Crippen LogP contribution is -2.31. The lowest BCUT2D eigenvalue weighted by Gasteiger charge is -2.16. The second kappa shape index (κ2) is 6.76. The van der Waals surface area contributed by atoms with Crippen LogP contribution in [0.25, 0.3) is 0 Å². The first-order valence-electron chi connectivity index (χ1n) is 6.90. The molecular weight excluding hydrogens is 280 g/mol. The van der Waals surface area contributed by atoms with Gasteiger partial charge in [0.1, 0.15) is 5.75 Å². The Morgan fingerprint density at radius 2 is 1.86 bits per heavy atom. The van der Waals surface area contributed by atoms with Crippen molar-refractivity contribution < 1.29 is 14.3 Å². The number of anilines is 1. The van der Waals surface area contributed by atoms with Gasteiger partial charge in [0.15, 0.2) is 6.10 Å². The maximum atomic E-state index is 12.2. The van der Waals surface area contributed by atoms with Gasteiger partial charge in [-0.2, -0.15) is 0 Å². The topological polar surface area (TPSA) is 81.4 Å². The van der Waals surface area contributed by atoms with Gasteiger partial charge < -0.3 is 15.8 Å². The Bertz CT molecular complexity index is 698. The second-order valence-electron chi connectivity index (χ2n) is 4.98. The summed E-state index contributed by atoms with van der Waals surface area (Å²) in [5, 5.41) is 2.66. The van der Waals surface area contributed by atoms with Crippen LogP contribution in [-0.4, -0.2) is 17.9 Å². The number of benzene rings is 2. The fourth-order valence-corrected chi connectivity index (χ4v) is 1.99. The van der Waals surface area contributed by atoms with Crippen LogP contribution in [0.5, 0.6) is 5.75 Å². The zero-order valence-corrected chi connectivity index (χ0v) is 12.5. The molecule has 0 aliphatic carbocycles. The first kappa shape index (κ1) is 15.6. The molecule has 0 saturated heterocycles. The van der Waals surface area contributed by atoms with Crippen molar-refractivity contribution in [1.82, 2.24) is 0 Å². The first-order chi connectivity index (χ1) is 10.5. The van der Waals surface area contributed by atoms with Crippen LogP contribution in [0.1, 0.15) is 22.8 Å². The normalized spacial score (nSPS) is 11.5. The van der Waals surface area contributed by atoms with Crippen LogP contribution >= 0.6 is 0 Å². The molecule has 0 aliphatic rings. The van der Waals surface area contributed by atoms with Crippen molar-refractivity contribution in [3.8, 4) is 5.75 Å². The SMILES string of the molecule is Cc1cccc(O[C@@H](C)C(=O)Nc2ccccc2C(N)=O)c1. The number of carbonyl (C=O) groups excluding carboxylic acids is 2. The Morgan fingerprint density at radius 3 is 2.55 bits per heavy atom. The average molecular weight is 298 g/mol. The minimum atomic E-state index is -0.706. The Labute approximate surface area is 129 Å². The van der Waals surface area contributed by atoms with Crippen LogP contribution in [0.2, 0.25) is 0 Å². The number of carbonyl (C=O) groups is 2. The fraction of sp³-hybridized carbons (Fsp3) is 0.176. The molecule has 22 heavy (non-hydrogen) atoms. The Hall–Kier alpha value is -2.82. The van der Waals surface area contributed by atoms with E-state index in [4.69, 9.17) is 10.5 Å². The standard InChI is InChI=1S/C17H18N2O3/c1-11-6-5-7-13(10-11)22-12(2)17(21)19-15-9-4-3-8-14(15)16(18)20/h3-10,12H,1-2H3,(H2,18,20)(H,19,21)/t12-/m0/s1. The Kier molecular flexibility index (Phi) is 4.78. The highest BCUT2D eigenvalue weighted by atomic mass is 16.5. The van der Waals surface area contributed by atoms with E-state index in [1.807, 2.05) is 25.1 Å². The van der Waals surface area contributed by atoms with Gasteiger partial charge in [-0.15, -0.1) is 0 Å². The summed E-state index contributed by atoms with van der Waals surface area (Å²) in [6.45, 7) is 3.59. The predicted molar refractivity (Wildman–Crippen MR) is 84.9 cm³/mol. The van der Waals surface area contributed by atoms with Gasteiger partial charge in [0.25, 0.3) is 11.8 Å². The number of primary amides is 1. The molecule has 0 radical (unpaired) electrons. The van der Waals surface area contributed by atoms with E-state index in [1.54, 1.807) is 37.3 Å². The number of amides is 2. The third-order valence-corrected chi connectivity index (χ3v) is 3.12. The number of nitrogens with two attached hydrogens (primary N) is 1. The van der Waals surface area contributed by atoms with Crippen molar-refractivity contribution in [3.63, 3.8) is 0 Å². The molecule has 0 heterocycles. The highest BCUT2D eigenvalue weighted by molar-refractivity contribution is 6.03. The van der Waals surface area contributed by atoms with Gasteiger partial charge in [0.05, 0.1) is 11.3 Å². The quantitative estimate of drug-likeness (QED) is 0.889. The van der Waals surface area contributed by atoms with Gasteiger partial charge in [0.2, 0.25) is 0 Å². The maximum absolute atomic E-state index is 12.2. The minimum absolute atomic E-state index is 0.263. The van der Waals surface area contributed by atoms with E-state index in [2.05, 4.69) is 5.32 Å². The third-order valence-electron chi connectivity index (χ3n) is 3.12. The van der Waals surface area contributed by atoms with E-state index >= 15 is 0 Å². The van der Waals surface area contributed by atoms with Crippen molar-refractivity contribution >= 4 is 17.5 Å². The van der Waals surface area contributed by atoms with Gasteiger partial charge in [-0.1, -0.05) is 24.3 Å². The molecule has 0 bridgehead atoms. The zero-order valence-electron chi connectivity index (χ0n) is 12.5. The molecule has 1 atom stereocenters. The number of rotatable bonds is 5. The van der Waals surface area contributed by atoms with Gasteiger partial charge in [-0.25, -0.2) is 0 Å². The van der Waals surface area contributed by atoms with Gasteiger partial charge in [-0.05, 0) is 43.7 Å². The molecular formula is C17H18N2O3. The van der Waals surface area contributed by atoms with Crippen molar-refractivity contribution in [2.45, 2.75) is 20.0 Å². The van der Waals surface area contributed by atoms with Crippen molar-refractivity contribution in [3.05, 3.63) is 59.7 Å². The summed E-state index contributed by atoms with van der Waals surface area (Å²) in [6.07, 6.45) is -0.706. The lowest BCUT2D eigenvalue weighted by atomic mass is 10.1. The summed E-state index contributed by atoms with van der Waals surface area (Å²) >= 11 is 0. The molecule has 0 spiro atoms. The Morgan fingerprint density at radius 1 is 1.14 bits per heavy atom. The summed E-state index contributed by atoms with van der Waals surface area (Å²) < 4.78 is 5.60. The third kappa shape index (κ3) is 3.85.